The number of rotatable bonds is 5. The third-order valence-electron chi connectivity index (χ3n) is 2.87. The Balaban J connectivity index is 3.99. The molecule has 0 heterocycles. The predicted octanol–water partition coefficient (Wildman–Crippen LogP) is 3.77. The second-order valence-corrected chi connectivity index (χ2v) is 4.38. The minimum atomic E-state index is 0.484. The van der Waals surface area contributed by atoms with Crippen LogP contribution in [0.3, 0.4) is 0 Å². The molecule has 0 bridgehead atoms. The first kappa shape index (κ1) is 11.4. The Morgan fingerprint density at radius 3 is 2.09 bits per heavy atom. The Labute approximate surface area is 77.2 Å². The Morgan fingerprint density at radius 2 is 1.82 bits per heavy atom. The lowest BCUT2D eigenvalue weighted by Gasteiger charge is -2.32. The maximum Gasteiger partial charge on any atom is -0.00644 e. The minimum absolute atomic E-state index is 0.484. The summed E-state index contributed by atoms with van der Waals surface area (Å²) in [6.45, 7) is 9.22. The van der Waals surface area contributed by atoms with Crippen LogP contribution in [-0.4, -0.2) is 5.75 Å². The van der Waals surface area contributed by atoms with E-state index in [1.807, 2.05) is 0 Å². The van der Waals surface area contributed by atoms with Gasteiger partial charge < -0.3 is 0 Å². The highest BCUT2D eigenvalue weighted by Gasteiger charge is 2.25. The molecule has 0 saturated heterocycles. The van der Waals surface area contributed by atoms with Gasteiger partial charge in [-0.1, -0.05) is 40.5 Å². The standard InChI is InChI=1S/C10H22S/c1-5-7-9(8-11)10(3,4)6-2/h9,11H,5-8H2,1-4H3. The van der Waals surface area contributed by atoms with Gasteiger partial charge in [-0.25, -0.2) is 0 Å². The molecule has 0 amide bonds. The molecule has 1 atom stereocenters. The summed E-state index contributed by atoms with van der Waals surface area (Å²) in [5, 5.41) is 0. The monoisotopic (exact) mass is 174 g/mol. The zero-order chi connectivity index (χ0) is 8.91. The third kappa shape index (κ3) is 3.50. The molecule has 0 aliphatic rings. The molecule has 0 saturated carbocycles. The average Bonchev–Trinajstić information content (AvgIpc) is 2.00. The molecule has 0 fully saturated rings. The van der Waals surface area contributed by atoms with Crippen molar-refractivity contribution in [2.24, 2.45) is 11.3 Å². The van der Waals surface area contributed by atoms with Gasteiger partial charge in [0.25, 0.3) is 0 Å². The molecule has 0 spiro atoms. The normalized spacial score (nSPS) is 15.0. The van der Waals surface area contributed by atoms with Gasteiger partial charge in [0.2, 0.25) is 0 Å². The molecule has 0 rings (SSSR count). The van der Waals surface area contributed by atoms with Crippen LogP contribution in [0.2, 0.25) is 0 Å². The largest absolute Gasteiger partial charge is 0.179 e. The van der Waals surface area contributed by atoms with Crippen molar-refractivity contribution in [2.45, 2.75) is 47.0 Å². The smallest absolute Gasteiger partial charge is 0.00644 e. The van der Waals surface area contributed by atoms with Crippen molar-refractivity contribution >= 4 is 12.6 Å². The van der Waals surface area contributed by atoms with E-state index in [2.05, 4.69) is 40.3 Å². The molecular formula is C10H22S. The molecule has 0 radical (unpaired) electrons. The highest BCUT2D eigenvalue weighted by molar-refractivity contribution is 7.80. The minimum Gasteiger partial charge on any atom is -0.179 e. The fraction of sp³-hybridized carbons (Fsp3) is 1.00. The van der Waals surface area contributed by atoms with Crippen molar-refractivity contribution in [3.05, 3.63) is 0 Å². The molecule has 0 aromatic carbocycles. The van der Waals surface area contributed by atoms with E-state index < -0.39 is 0 Å². The fourth-order valence-corrected chi connectivity index (χ4v) is 2.04. The van der Waals surface area contributed by atoms with E-state index in [-0.39, 0.29) is 0 Å². The first-order chi connectivity index (χ1) is 5.08. The first-order valence-corrected chi connectivity index (χ1v) is 5.32. The van der Waals surface area contributed by atoms with E-state index >= 15 is 0 Å². The van der Waals surface area contributed by atoms with Crippen LogP contribution in [0.15, 0.2) is 0 Å². The molecule has 11 heavy (non-hydrogen) atoms. The Morgan fingerprint density at radius 1 is 1.27 bits per heavy atom. The zero-order valence-corrected chi connectivity index (χ0v) is 9.25. The van der Waals surface area contributed by atoms with Crippen LogP contribution in [0.4, 0.5) is 0 Å². The van der Waals surface area contributed by atoms with Crippen molar-refractivity contribution in [3.63, 3.8) is 0 Å². The molecular weight excluding hydrogens is 152 g/mol. The van der Waals surface area contributed by atoms with Gasteiger partial charge in [-0.05, 0) is 23.5 Å². The van der Waals surface area contributed by atoms with E-state index in [0.29, 0.717) is 5.41 Å². The number of hydrogen-bond donors (Lipinski definition) is 1. The summed E-state index contributed by atoms with van der Waals surface area (Å²) in [7, 11) is 0. The van der Waals surface area contributed by atoms with Crippen LogP contribution in [0.1, 0.15) is 47.0 Å². The summed E-state index contributed by atoms with van der Waals surface area (Å²) >= 11 is 4.40. The molecule has 0 aromatic rings. The van der Waals surface area contributed by atoms with Crippen molar-refractivity contribution in [2.75, 3.05) is 5.75 Å². The summed E-state index contributed by atoms with van der Waals surface area (Å²) in [6.07, 6.45) is 3.87. The van der Waals surface area contributed by atoms with Crippen molar-refractivity contribution in [1.82, 2.24) is 0 Å². The van der Waals surface area contributed by atoms with Crippen molar-refractivity contribution in [3.8, 4) is 0 Å². The lowest BCUT2D eigenvalue weighted by Crippen LogP contribution is -2.24. The predicted molar refractivity (Wildman–Crippen MR) is 56.3 cm³/mol. The van der Waals surface area contributed by atoms with Gasteiger partial charge in [-0.3, -0.25) is 0 Å². The van der Waals surface area contributed by atoms with Gasteiger partial charge in [0.15, 0.2) is 0 Å². The Kier molecular flexibility index (Phi) is 5.24. The van der Waals surface area contributed by atoms with Gasteiger partial charge in [-0.15, -0.1) is 0 Å². The number of thiol groups is 1. The average molecular weight is 174 g/mol. The summed E-state index contributed by atoms with van der Waals surface area (Å²) in [5.74, 6) is 1.83. The second-order valence-electron chi connectivity index (χ2n) is 4.01. The van der Waals surface area contributed by atoms with Gasteiger partial charge in [0.1, 0.15) is 0 Å². The van der Waals surface area contributed by atoms with E-state index in [1.54, 1.807) is 0 Å². The van der Waals surface area contributed by atoms with Crippen LogP contribution >= 0.6 is 12.6 Å². The number of hydrogen-bond acceptors (Lipinski definition) is 1. The van der Waals surface area contributed by atoms with Crippen molar-refractivity contribution in [1.29, 1.82) is 0 Å². The van der Waals surface area contributed by atoms with Crippen LogP contribution < -0.4 is 0 Å². The molecule has 0 aliphatic carbocycles. The second kappa shape index (κ2) is 5.08. The van der Waals surface area contributed by atoms with E-state index in [9.17, 15) is 0 Å². The summed E-state index contributed by atoms with van der Waals surface area (Å²) < 4.78 is 0. The molecule has 1 unspecified atom stereocenters. The summed E-state index contributed by atoms with van der Waals surface area (Å²) in [6, 6.07) is 0. The fourth-order valence-electron chi connectivity index (χ4n) is 1.37. The van der Waals surface area contributed by atoms with Gasteiger partial charge in [-0.2, -0.15) is 12.6 Å². The van der Waals surface area contributed by atoms with Crippen LogP contribution in [0.5, 0.6) is 0 Å². The van der Waals surface area contributed by atoms with Gasteiger partial charge in [0.05, 0.1) is 0 Å². The van der Waals surface area contributed by atoms with E-state index in [0.717, 1.165) is 11.7 Å². The third-order valence-corrected chi connectivity index (χ3v) is 3.31. The van der Waals surface area contributed by atoms with E-state index in [1.165, 1.54) is 19.3 Å². The van der Waals surface area contributed by atoms with Gasteiger partial charge >= 0.3 is 0 Å². The molecule has 68 valence electrons. The molecule has 0 aromatic heterocycles. The molecule has 0 aliphatic heterocycles. The highest BCUT2D eigenvalue weighted by Crippen LogP contribution is 2.34. The lowest BCUT2D eigenvalue weighted by atomic mass is 9.75. The zero-order valence-electron chi connectivity index (χ0n) is 8.35. The Bertz CT molecular complexity index is 97.0. The summed E-state index contributed by atoms with van der Waals surface area (Å²) in [5.41, 5.74) is 0.484. The highest BCUT2D eigenvalue weighted by atomic mass is 32.1. The van der Waals surface area contributed by atoms with E-state index in [4.69, 9.17) is 0 Å². The lowest BCUT2D eigenvalue weighted by molar-refractivity contribution is 0.213. The molecule has 0 N–H and O–H groups in total. The first-order valence-electron chi connectivity index (χ1n) is 4.69. The SMILES string of the molecule is CCCC(CS)C(C)(C)CC. The van der Waals surface area contributed by atoms with Gasteiger partial charge in [0, 0.05) is 0 Å². The topological polar surface area (TPSA) is 0 Å². The van der Waals surface area contributed by atoms with Crippen LogP contribution in [-0.2, 0) is 0 Å². The van der Waals surface area contributed by atoms with Crippen LogP contribution in [0, 0.1) is 11.3 Å². The maximum absolute atomic E-state index is 4.40. The Hall–Kier alpha value is 0.350. The van der Waals surface area contributed by atoms with Crippen molar-refractivity contribution < 1.29 is 0 Å². The molecule has 1 heteroatoms. The quantitative estimate of drug-likeness (QED) is 0.603. The summed E-state index contributed by atoms with van der Waals surface area (Å²) in [4.78, 5) is 0. The molecule has 0 nitrogen and oxygen atoms in total. The van der Waals surface area contributed by atoms with Crippen LogP contribution in [0.25, 0.3) is 0 Å². The maximum atomic E-state index is 4.40.